The van der Waals surface area contributed by atoms with E-state index in [4.69, 9.17) is 27.9 Å². The molecule has 1 atom stereocenters. The zero-order valence-corrected chi connectivity index (χ0v) is 18.5. The van der Waals surface area contributed by atoms with E-state index < -0.39 is 12.0 Å². The molecule has 4 rings (SSSR count). The van der Waals surface area contributed by atoms with Crippen molar-refractivity contribution in [2.75, 3.05) is 10.6 Å². The van der Waals surface area contributed by atoms with Crippen LogP contribution in [0, 0.1) is 0 Å². The van der Waals surface area contributed by atoms with Crippen molar-refractivity contribution in [3.63, 3.8) is 0 Å². The fraction of sp³-hybridized carbons (Fsp3) is 0.120. The summed E-state index contributed by atoms with van der Waals surface area (Å²) in [6.07, 6.45) is 1.70. The number of ether oxygens (including phenoxy) is 1. The Hall–Kier alpha value is -3.28. The second kappa shape index (κ2) is 9.90. The zero-order chi connectivity index (χ0) is 22.5. The minimum absolute atomic E-state index is 0.161. The molecule has 0 aliphatic carbocycles. The molecule has 1 unspecified atom stereocenters. The maximum Gasteiger partial charge on any atom is 0.329 e. The van der Waals surface area contributed by atoms with Gasteiger partial charge in [-0.2, -0.15) is 0 Å². The van der Waals surface area contributed by atoms with Crippen molar-refractivity contribution < 1.29 is 14.3 Å². The van der Waals surface area contributed by atoms with E-state index >= 15 is 0 Å². The van der Waals surface area contributed by atoms with Gasteiger partial charge in [-0.25, -0.2) is 4.79 Å². The molecule has 1 aliphatic heterocycles. The molecule has 1 aliphatic rings. The van der Waals surface area contributed by atoms with Crippen LogP contribution in [0.3, 0.4) is 0 Å². The van der Waals surface area contributed by atoms with Gasteiger partial charge in [0.25, 0.3) is 0 Å². The quantitative estimate of drug-likeness (QED) is 0.360. The van der Waals surface area contributed by atoms with E-state index in [0.29, 0.717) is 32.6 Å². The smallest absolute Gasteiger partial charge is 0.329 e. The topological polar surface area (TPSA) is 67.4 Å². The number of halogens is 2. The lowest BCUT2D eigenvalue weighted by Gasteiger charge is -2.28. The fourth-order valence-electron chi connectivity index (χ4n) is 3.54. The first-order valence-corrected chi connectivity index (χ1v) is 10.8. The predicted molar refractivity (Wildman–Crippen MR) is 128 cm³/mol. The van der Waals surface area contributed by atoms with Crippen LogP contribution in [0.1, 0.15) is 17.5 Å². The third kappa shape index (κ3) is 5.31. The van der Waals surface area contributed by atoms with Gasteiger partial charge in [-0.3, -0.25) is 4.79 Å². The molecule has 0 radical (unpaired) electrons. The number of amides is 1. The first-order valence-electron chi connectivity index (χ1n) is 10.0. The highest BCUT2D eigenvalue weighted by atomic mass is 35.5. The van der Waals surface area contributed by atoms with Gasteiger partial charge in [-0.1, -0.05) is 71.7 Å². The first kappa shape index (κ1) is 21.9. The van der Waals surface area contributed by atoms with Gasteiger partial charge in [0.05, 0.1) is 5.02 Å². The average molecular weight is 467 g/mol. The van der Waals surface area contributed by atoms with E-state index in [0.717, 1.165) is 5.56 Å². The Morgan fingerprint density at radius 1 is 1.03 bits per heavy atom. The number of esters is 1. The minimum Gasteiger partial charge on any atom is -0.459 e. The number of anilines is 2. The number of hydrogen-bond acceptors (Lipinski definition) is 4. The molecule has 3 aromatic rings. The highest BCUT2D eigenvalue weighted by Gasteiger charge is 2.30. The Labute approximate surface area is 196 Å². The summed E-state index contributed by atoms with van der Waals surface area (Å²) in [6, 6.07) is 21.2. The third-order valence-electron chi connectivity index (χ3n) is 4.98. The fourth-order valence-corrected chi connectivity index (χ4v) is 4.15. The molecule has 1 amide bonds. The van der Waals surface area contributed by atoms with Crippen LogP contribution in [-0.2, 0) is 20.9 Å². The molecule has 0 saturated carbocycles. The molecule has 5 nitrogen and oxygen atoms in total. The van der Waals surface area contributed by atoms with Gasteiger partial charge in [0.15, 0.2) is 0 Å². The lowest BCUT2D eigenvalue weighted by molar-refractivity contribution is -0.145. The van der Waals surface area contributed by atoms with Gasteiger partial charge in [0, 0.05) is 34.5 Å². The molecule has 3 aromatic carbocycles. The molecule has 0 spiro atoms. The van der Waals surface area contributed by atoms with Gasteiger partial charge < -0.3 is 15.4 Å². The van der Waals surface area contributed by atoms with E-state index in [1.165, 1.54) is 6.08 Å². The molecule has 2 N–H and O–H groups in total. The first-order chi connectivity index (χ1) is 15.5. The van der Waals surface area contributed by atoms with Crippen LogP contribution in [0.2, 0.25) is 10.0 Å². The molecule has 162 valence electrons. The van der Waals surface area contributed by atoms with Crippen LogP contribution < -0.4 is 10.6 Å². The van der Waals surface area contributed by atoms with Crippen molar-refractivity contribution in [2.24, 2.45) is 0 Å². The molecule has 32 heavy (non-hydrogen) atoms. The number of rotatable bonds is 5. The number of fused-ring (bicyclic) bond motifs is 1. The van der Waals surface area contributed by atoms with Crippen LogP contribution >= 0.6 is 23.2 Å². The van der Waals surface area contributed by atoms with Crippen molar-refractivity contribution in [3.8, 4) is 0 Å². The van der Waals surface area contributed by atoms with Crippen LogP contribution in [0.5, 0.6) is 0 Å². The van der Waals surface area contributed by atoms with Crippen LogP contribution in [0.25, 0.3) is 5.57 Å². The standard InChI is InChI=1S/C25H20Cl2N2O3/c26-18-13-20(27)24-17(12-23(30)28-19-9-5-2-6-10-19)11-22(29-21(24)14-18)25(31)32-15-16-7-3-1-4-8-16/h1-10,12-14,22,29H,11,15H2,(H,28,30)/b17-12+. The molecule has 1 heterocycles. The van der Waals surface area contributed by atoms with Gasteiger partial charge in [0.1, 0.15) is 12.6 Å². The lowest BCUT2D eigenvalue weighted by atomic mass is 9.91. The maximum atomic E-state index is 12.8. The van der Waals surface area contributed by atoms with E-state index in [9.17, 15) is 9.59 Å². The largest absolute Gasteiger partial charge is 0.459 e. The Morgan fingerprint density at radius 2 is 1.72 bits per heavy atom. The highest BCUT2D eigenvalue weighted by Crippen LogP contribution is 2.40. The molecule has 7 heteroatoms. The maximum absolute atomic E-state index is 12.8. The van der Waals surface area contributed by atoms with Gasteiger partial charge in [-0.05, 0) is 35.4 Å². The Kier molecular flexibility index (Phi) is 6.78. The van der Waals surface area contributed by atoms with Crippen molar-refractivity contribution in [2.45, 2.75) is 19.1 Å². The highest BCUT2D eigenvalue weighted by molar-refractivity contribution is 6.36. The van der Waals surface area contributed by atoms with Crippen LogP contribution in [-0.4, -0.2) is 17.9 Å². The molecule has 0 saturated heterocycles. The molecule has 0 aromatic heterocycles. The van der Waals surface area contributed by atoms with E-state index in [1.807, 2.05) is 48.5 Å². The summed E-state index contributed by atoms with van der Waals surface area (Å²) < 4.78 is 5.50. The van der Waals surface area contributed by atoms with E-state index in [1.54, 1.807) is 24.3 Å². The van der Waals surface area contributed by atoms with Gasteiger partial charge in [0.2, 0.25) is 5.91 Å². The van der Waals surface area contributed by atoms with Crippen molar-refractivity contribution >= 4 is 52.0 Å². The molecule has 0 fully saturated rings. The second-order valence-corrected chi connectivity index (χ2v) is 8.17. The second-order valence-electron chi connectivity index (χ2n) is 7.33. The third-order valence-corrected chi connectivity index (χ3v) is 5.50. The Bertz CT molecular complexity index is 1160. The van der Waals surface area contributed by atoms with E-state index in [2.05, 4.69) is 10.6 Å². The number of carbonyl (C=O) groups is 2. The number of carbonyl (C=O) groups excluding carboxylic acids is 2. The monoisotopic (exact) mass is 466 g/mol. The summed E-state index contributed by atoms with van der Waals surface area (Å²) in [7, 11) is 0. The normalized spacial score (nSPS) is 16.1. The number of para-hydroxylation sites is 1. The SMILES string of the molecule is O=C(/C=C1\CC(C(=O)OCc2ccccc2)Nc2cc(Cl)cc(Cl)c21)Nc1ccccc1. The lowest BCUT2D eigenvalue weighted by Crippen LogP contribution is -2.35. The van der Waals surface area contributed by atoms with Crippen LogP contribution in [0.4, 0.5) is 11.4 Å². The van der Waals surface area contributed by atoms with E-state index in [-0.39, 0.29) is 18.9 Å². The molecular formula is C25H20Cl2N2O3. The molecule has 0 bridgehead atoms. The predicted octanol–water partition coefficient (Wildman–Crippen LogP) is 5.94. The average Bonchev–Trinajstić information content (AvgIpc) is 2.78. The van der Waals surface area contributed by atoms with Gasteiger partial charge in [-0.15, -0.1) is 0 Å². The zero-order valence-electron chi connectivity index (χ0n) is 17.0. The van der Waals surface area contributed by atoms with Crippen molar-refractivity contribution in [1.29, 1.82) is 0 Å². The number of hydrogen-bond donors (Lipinski definition) is 2. The van der Waals surface area contributed by atoms with Gasteiger partial charge >= 0.3 is 5.97 Å². The van der Waals surface area contributed by atoms with Crippen molar-refractivity contribution in [3.05, 3.63) is 100 Å². The summed E-state index contributed by atoms with van der Waals surface area (Å²) in [5, 5.41) is 6.79. The summed E-state index contributed by atoms with van der Waals surface area (Å²) >= 11 is 12.6. The number of benzene rings is 3. The summed E-state index contributed by atoms with van der Waals surface area (Å²) in [6.45, 7) is 0.161. The summed E-state index contributed by atoms with van der Waals surface area (Å²) in [5.41, 5.74) is 3.40. The Balaban J connectivity index is 1.57. The number of nitrogens with one attached hydrogen (secondary N) is 2. The molecular weight excluding hydrogens is 447 g/mol. The van der Waals surface area contributed by atoms with Crippen molar-refractivity contribution in [1.82, 2.24) is 0 Å². The minimum atomic E-state index is -0.684. The summed E-state index contributed by atoms with van der Waals surface area (Å²) in [4.78, 5) is 25.5. The summed E-state index contributed by atoms with van der Waals surface area (Å²) in [5.74, 6) is -0.744. The Morgan fingerprint density at radius 3 is 2.44 bits per heavy atom. The van der Waals surface area contributed by atoms with Crippen LogP contribution in [0.15, 0.2) is 78.9 Å².